The summed E-state index contributed by atoms with van der Waals surface area (Å²) in [4.78, 5) is 17.0. The number of hydrogen-bond acceptors (Lipinski definition) is 2. The van der Waals surface area contributed by atoms with Crippen molar-refractivity contribution < 1.29 is 4.79 Å². The molecule has 0 N–H and O–H groups in total. The van der Waals surface area contributed by atoms with Crippen LogP contribution in [-0.2, 0) is 11.3 Å². The van der Waals surface area contributed by atoms with Crippen LogP contribution in [0.3, 0.4) is 0 Å². The van der Waals surface area contributed by atoms with E-state index in [1.807, 2.05) is 12.1 Å². The van der Waals surface area contributed by atoms with Crippen molar-refractivity contribution in [3.05, 3.63) is 66.2 Å². The highest BCUT2D eigenvalue weighted by Gasteiger charge is 2.21. The van der Waals surface area contributed by atoms with Crippen LogP contribution in [0.15, 0.2) is 60.7 Å². The first kappa shape index (κ1) is 17.5. The van der Waals surface area contributed by atoms with Crippen LogP contribution < -0.4 is 4.90 Å². The summed E-state index contributed by atoms with van der Waals surface area (Å²) in [6, 6.07) is 20.9. The first-order chi connectivity index (χ1) is 12.2. The molecule has 2 aromatic carbocycles. The Morgan fingerprint density at radius 2 is 1.76 bits per heavy atom. The molecule has 3 heteroatoms. The van der Waals surface area contributed by atoms with Gasteiger partial charge in [-0.2, -0.15) is 0 Å². The van der Waals surface area contributed by atoms with Gasteiger partial charge in [0.15, 0.2) is 0 Å². The minimum Gasteiger partial charge on any atom is -0.367 e. The lowest BCUT2D eigenvalue weighted by Crippen LogP contribution is -2.40. The van der Waals surface area contributed by atoms with Gasteiger partial charge < -0.3 is 9.80 Å². The number of likely N-dealkylation sites (tertiary alicyclic amines) is 1. The van der Waals surface area contributed by atoms with Gasteiger partial charge in [0.25, 0.3) is 0 Å². The number of nitrogens with zero attached hydrogens (tertiary/aromatic N) is 2. The van der Waals surface area contributed by atoms with Crippen molar-refractivity contribution in [1.29, 1.82) is 0 Å². The smallest absolute Gasteiger partial charge is 0.224 e. The number of rotatable bonds is 6. The third kappa shape index (κ3) is 5.09. The Hall–Kier alpha value is -2.29. The molecule has 0 aromatic heterocycles. The summed E-state index contributed by atoms with van der Waals surface area (Å²) in [5, 5.41) is 0. The van der Waals surface area contributed by atoms with Gasteiger partial charge in [0.2, 0.25) is 5.91 Å². The van der Waals surface area contributed by atoms with Gasteiger partial charge >= 0.3 is 0 Å². The number of piperidine rings is 1. The van der Waals surface area contributed by atoms with Gasteiger partial charge in [-0.25, -0.2) is 0 Å². The maximum Gasteiger partial charge on any atom is 0.224 e. The average Bonchev–Trinajstić information content (AvgIpc) is 2.66. The molecule has 0 spiro atoms. The standard InChI is InChI=1S/C22H28N2O/c1-19-9-8-15-24(17-19)22(25)14-16-23(21-12-6-3-7-13-21)18-20-10-4-2-5-11-20/h2-7,10-13,19H,8-9,14-18H2,1H3. The second-order valence-corrected chi connectivity index (χ2v) is 7.08. The molecule has 132 valence electrons. The minimum absolute atomic E-state index is 0.292. The van der Waals surface area contributed by atoms with E-state index in [1.165, 1.54) is 17.7 Å². The molecule has 0 bridgehead atoms. The molecular formula is C22H28N2O. The molecule has 0 aliphatic carbocycles. The van der Waals surface area contributed by atoms with Crippen molar-refractivity contribution in [3.63, 3.8) is 0 Å². The van der Waals surface area contributed by atoms with Crippen LogP contribution in [0.2, 0.25) is 0 Å². The number of para-hydroxylation sites is 1. The number of amides is 1. The average molecular weight is 336 g/mol. The molecule has 3 nitrogen and oxygen atoms in total. The Morgan fingerprint density at radius 3 is 2.44 bits per heavy atom. The summed E-state index contributed by atoms with van der Waals surface area (Å²) in [6.07, 6.45) is 2.96. The molecule has 1 heterocycles. The number of carbonyl (C=O) groups excluding carboxylic acids is 1. The fourth-order valence-electron chi connectivity index (χ4n) is 3.55. The maximum atomic E-state index is 12.6. The molecule has 1 saturated heterocycles. The lowest BCUT2D eigenvalue weighted by molar-refractivity contribution is -0.132. The molecule has 1 unspecified atom stereocenters. The molecule has 1 aliphatic rings. The zero-order valence-electron chi connectivity index (χ0n) is 15.1. The predicted octanol–water partition coefficient (Wildman–Crippen LogP) is 4.34. The van der Waals surface area contributed by atoms with Gasteiger partial charge in [0.05, 0.1) is 0 Å². The molecule has 1 fully saturated rings. The summed E-state index contributed by atoms with van der Waals surface area (Å²) < 4.78 is 0. The van der Waals surface area contributed by atoms with Crippen molar-refractivity contribution in [2.75, 3.05) is 24.5 Å². The van der Waals surface area contributed by atoms with Crippen LogP contribution in [-0.4, -0.2) is 30.4 Å². The van der Waals surface area contributed by atoms with E-state index >= 15 is 0 Å². The summed E-state index contributed by atoms with van der Waals surface area (Å²) in [6.45, 7) is 5.67. The second-order valence-electron chi connectivity index (χ2n) is 7.08. The molecule has 3 rings (SSSR count). The van der Waals surface area contributed by atoms with Crippen LogP contribution in [0.4, 0.5) is 5.69 Å². The molecular weight excluding hydrogens is 308 g/mol. The van der Waals surface area contributed by atoms with Gasteiger partial charge in [0.1, 0.15) is 0 Å². The van der Waals surface area contributed by atoms with E-state index in [2.05, 4.69) is 65.3 Å². The highest BCUT2D eigenvalue weighted by atomic mass is 16.2. The highest BCUT2D eigenvalue weighted by Crippen LogP contribution is 2.19. The van der Waals surface area contributed by atoms with Crippen molar-refractivity contribution >= 4 is 11.6 Å². The third-order valence-corrected chi connectivity index (χ3v) is 4.94. The van der Waals surface area contributed by atoms with E-state index in [4.69, 9.17) is 0 Å². The Balaban J connectivity index is 1.64. The summed E-state index contributed by atoms with van der Waals surface area (Å²) in [7, 11) is 0. The number of benzene rings is 2. The van der Waals surface area contributed by atoms with E-state index < -0.39 is 0 Å². The van der Waals surface area contributed by atoms with Crippen LogP contribution in [0.5, 0.6) is 0 Å². The zero-order valence-corrected chi connectivity index (χ0v) is 15.1. The van der Waals surface area contributed by atoms with Crippen LogP contribution in [0.1, 0.15) is 31.7 Å². The fourth-order valence-corrected chi connectivity index (χ4v) is 3.55. The Morgan fingerprint density at radius 1 is 1.08 bits per heavy atom. The molecule has 25 heavy (non-hydrogen) atoms. The van der Waals surface area contributed by atoms with Crippen LogP contribution in [0, 0.1) is 5.92 Å². The first-order valence-corrected chi connectivity index (χ1v) is 9.34. The van der Waals surface area contributed by atoms with Crippen molar-refractivity contribution in [3.8, 4) is 0 Å². The van der Waals surface area contributed by atoms with E-state index in [0.29, 0.717) is 18.2 Å². The zero-order chi connectivity index (χ0) is 17.5. The first-order valence-electron chi connectivity index (χ1n) is 9.34. The Bertz CT molecular complexity index is 656. The lowest BCUT2D eigenvalue weighted by Gasteiger charge is -2.32. The number of carbonyl (C=O) groups is 1. The van der Waals surface area contributed by atoms with E-state index in [1.54, 1.807) is 0 Å². The SMILES string of the molecule is CC1CCCN(C(=O)CCN(Cc2ccccc2)c2ccccc2)C1. The van der Waals surface area contributed by atoms with E-state index in [9.17, 15) is 4.79 Å². The third-order valence-electron chi connectivity index (χ3n) is 4.94. The number of hydrogen-bond donors (Lipinski definition) is 0. The minimum atomic E-state index is 0.292. The molecule has 1 aliphatic heterocycles. The Kier molecular flexibility index (Phi) is 6.10. The summed E-state index contributed by atoms with van der Waals surface area (Å²) >= 11 is 0. The van der Waals surface area contributed by atoms with Crippen LogP contribution in [0.25, 0.3) is 0 Å². The molecule has 1 atom stereocenters. The van der Waals surface area contributed by atoms with Gasteiger partial charge in [-0.1, -0.05) is 55.5 Å². The van der Waals surface area contributed by atoms with Gasteiger partial charge in [0, 0.05) is 38.3 Å². The largest absolute Gasteiger partial charge is 0.367 e. The summed E-state index contributed by atoms with van der Waals surface area (Å²) in [5.74, 6) is 0.924. The molecule has 0 saturated carbocycles. The monoisotopic (exact) mass is 336 g/mol. The van der Waals surface area contributed by atoms with Crippen molar-refractivity contribution in [2.24, 2.45) is 5.92 Å². The topological polar surface area (TPSA) is 23.6 Å². The lowest BCUT2D eigenvalue weighted by atomic mass is 10.00. The van der Waals surface area contributed by atoms with Gasteiger partial charge in [-0.3, -0.25) is 4.79 Å². The fraction of sp³-hybridized carbons (Fsp3) is 0.409. The molecule has 1 amide bonds. The normalized spacial score (nSPS) is 17.3. The molecule has 2 aromatic rings. The van der Waals surface area contributed by atoms with Gasteiger partial charge in [-0.15, -0.1) is 0 Å². The highest BCUT2D eigenvalue weighted by molar-refractivity contribution is 5.77. The van der Waals surface area contributed by atoms with Crippen molar-refractivity contribution in [1.82, 2.24) is 4.90 Å². The second kappa shape index (κ2) is 8.70. The quantitative estimate of drug-likeness (QED) is 0.783. The predicted molar refractivity (Wildman–Crippen MR) is 104 cm³/mol. The maximum absolute atomic E-state index is 12.6. The van der Waals surface area contributed by atoms with Gasteiger partial charge in [-0.05, 0) is 36.5 Å². The Labute approximate surface area is 151 Å². The van der Waals surface area contributed by atoms with Crippen LogP contribution >= 0.6 is 0 Å². The molecule has 0 radical (unpaired) electrons. The van der Waals surface area contributed by atoms with Crippen molar-refractivity contribution in [2.45, 2.75) is 32.7 Å². The summed E-state index contributed by atoms with van der Waals surface area (Å²) in [5.41, 5.74) is 2.44. The number of anilines is 1. The van der Waals surface area contributed by atoms with E-state index in [0.717, 1.165) is 32.6 Å². The van der Waals surface area contributed by atoms with E-state index in [-0.39, 0.29) is 0 Å².